The minimum Gasteiger partial charge on any atom is -0.444 e. The summed E-state index contributed by atoms with van der Waals surface area (Å²) in [5.41, 5.74) is -0.0699. The molecule has 0 radical (unpaired) electrons. The Kier molecular flexibility index (Phi) is 8.49. The molecule has 32 heavy (non-hydrogen) atoms. The highest BCUT2D eigenvalue weighted by Crippen LogP contribution is 2.21. The van der Waals surface area contributed by atoms with Crippen LogP contribution in [0.1, 0.15) is 33.6 Å². The Balaban J connectivity index is 1.94. The molecule has 2 rings (SSSR count). The zero-order chi connectivity index (χ0) is 24.1. The van der Waals surface area contributed by atoms with Crippen molar-refractivity contribution in [3.05, 3.63) is 24.3 Å². The number of nitrogens with one attached hydrogen (secondary N) is 1. The van der Waals surface area contributed by atoms with Gasteiger partial charge in [-0.05, 0) is 63.8 Å². The van der Waals surface area contributed by atoms with Gasteiger partial charge in [0.05, 0.1) is 12.0 Å². The molecule has 1 saturated heterocycles. The molecular weight excluding hydrogens is 436 g/mol. The van der Waals surface area contributed by atoms with E-state index in [0.29, 0.717) is 25.3 Å². The molecule has 1 aromatic rings. The average Bonchev–Trinajstić information content (AvgIpc) is 2.72. The molecule has 0 spiro atoms. The van der Waals surface area contributed by atoms with Crippen LogP contribution in [0.15, 0.2) is 29.2 Å². The highest BCUT2D eigenvalue weighted by atomic mass is 32.2. The van der Waals surface area contributed by atoms with Gasteiger partial charge in [-0.2, -0.15) is 0 Å². The maximum atomic E-state index is 12.7. The van der Waals surface area contributed by atoms with Crippen LogP contribution in [0.2, 0.25) is 0 Å². The number of carbonyl (C=O) groups is 2. The van der Waals surface area contributed by atoms with Gasteiger partial charge in [0, 0.05) is 39.4 Å². The summed E-state index contributed by atoms with van der Waals surface area (Å²) in [7, 11) is 0.522. The van der Waals surface area contributed by atoms with Crippen LogP contribution in [0, 0.1) is 5.92 Å². The number of rotatable bonds is 6. The molecule has 1 aliphatic rings. The van der Waals surface area contributed by atoms with Crippen LogP contribution >= 0.6 is 0 Å². The van der Waals surface area contributed by atoms with E-state index in [4.69, 9.17) is 9.57 Å². The standard InChI is InChI=1S/C21H34N4O6S/c1-21(2,3)31-20(27)23(4)14-16-8-7-13-25(15-16)19(26)22-17-9-11-18(12-10-17)32(28,29)24(5)30-6/h9-12,16H,7-8,13-15H2,1-6H3,(H,22,26). The van der Waals surface area contributed by atoms with Gasteiger partial charge < -0.3 is 19.9 Å². The molecule has 1 atom stereocenters. The molecule has 11 heteroatoms. The lowest BCUT2D eigenvalue weighted by molar-refractivity contribution is -0.0258. The van der Waals surface area contributed by atoms with Crippen LogP contribution < -0.4 is 5.32 Å². The van der Waals surface area contributed by atoms with E-state index < -0.39 is 15.6 Å². The summed E-state index contributed by atoms with van der Waals surface area (Å²) in [6.07, 6.45) is 1.37. The molecule has 1 unspecified atom stereocenters. The molecule has 1 aliphatic heterocycles. The summed E-state index contributed by atoms with van der Waals surface area (Å²) in [5.74, 6) is 0.143. The first-order valence-corrected chi connectivity index (χ1v) is 11.9. The highest BCUT2D eigenvalue weighted by molar-refractivity contribution is 7.89. The predicted octanol–water partition coefficient (Wildman–Crippen LogP) is 2.98. The number of urea groups is 1. The first-order chi connectivity index (χ1) is 14.8. The summed E-state index contributed by atoms with van der Waals surface area (Å²) in [4.78, 5) is 33.0. The third-order valence-electron chi connectivity index (χ3n) is 5.04. The van der Waals surface area contributed by atoms with Gasteiger partial charge in [-0.25, -0.2) is 18.0 Å². The van der Waals surface area contributed by atoms with Crippen molar-refractivity contribution in [3.8, 4) is 0 Å². The quantitative estimate of drug-likeness (QED) is 0.641. The van der Waals surface area contributed by atoms with Crippen LogP contribution in [0.5, 0.6) is 0 Å². The Morgan fingerprint density at radius 1 is 1.19 bits per heavy atom. The molecule has 0 saturated carbocycles. The topological polar surface area (TPSA) is 108 Å². The van der Waals surface area contributed by atoms with E-state index in [1.54, 1.807) is 16.8 Å². The number of benzene rings is 1. The van der Waals surface area contributed by atoms with E-state index in [1.165, 1.54) is 38.4 Å². The van der Waals surface area contributed by atoms with E-state index in [9.17, 15) is 18.0 Å². The summed E-state index contributed by atoms with van der Waals surface area (Å²) >= 11 is 0. The van der Waals surface area contributed by atoms with Gasteiger partial charge in [0.2, 0.25) is 0 Å². The zero-order valence-corrected chi connectivity index (χ0v) is 20.4. The van der Waals surface area contributed by atoms with Gasteiger partial charge in [-0.15, -0.1) is 0 Å². The number of amides is 3. The van der Waals surface area contributed by atoms with E-state index in [-0.39, 0.29) is 22.9 Å². The fraction of sp³-hybridized carbons (Fsp3) is 0.619. The fourth-order valence-electron chi connectivity index (χ4n) is 3.36. The highest BCUT2D eigenvalue weighted by Gasteiger charge is 2.27. The number of likely N-dealkylation sites (tertiary alicyclic amines) is 1. The number of hydroxylamine groups is 1. The Labute approximate surface area is 190 Å². The lowest BCUT2D eigenvalue weighted by Gasteiger charge is -2.35. The second-order valence-electron chi connectivity index (χ2n) is 8.87. The second-order valence-corrected chi connectivity index (χ2v) is 10.8. The van der Waals surface area contributed by atoms with Crippen LogP contribution in [0.25, 0.3) is 0 Å². The van der Waals surface area contributed by atoms with Gasteiger partial charge in [0.15, 0.2) is 0 Å². The summed E-state index contributed by atoms with van der Waals surface area (Å²) in [6.45, 7) is 7.10. The van der Waals surface area contributed by atoms with Crippen molar-refractivity contribution in [2.24, 2.45) is 5.92 Å². The molecule has 0 bridgehead atoms. The molecule has 0 aliphatic carbocycles. The molecular formula is C21H34N4O6S. The van der Waals surface area contributed by atoms with E-state index >= 15 is 0 Å². The van der Waals surface area contributed by atoms with Crippen molar-refractivity contribution in [2.75, 3.05) is 46.2 Å². The van der Waals surface area contributed by atoms with Crippen LogP contribution in [-0.2, 0) is 19.6 Å². The van der Waals surface area contributed by atoms with Crippen molar-refractivity contribution in [2.45, 2.75) is 44.1 Å². The lowest BCUT2D eigenvalue weighted by Crippen LogP contribution is -2.46. The zero-order valence-electron chi connectivity index (χ0n) is 19.6. The molecule has 0 aromatic heterocycles. The number of anilines is 1. The number of carbonyl (C=O) groups excluding carboxylic acids is 2. The van der Waals surface area contributed by atoms with Gasteiger partial charge >= 0.3 is 12.1 Å². The molecule has 1 heterocycles. The molecule has 3 amide bonds. The molecule has 180 valence electrons. The Hall–Kier alpha value is -2.37. The molecule has 1 aromatic carbocycles. The molecule has 1 N–H and O–H groups in total. The van der Waals surface area contributed by atoms with E-state index in [2.05, 4.69) is 5.32 Å². The number of hydrogen-bond acceptors (Lipinski definition) is 6. The summed E-state index contributed by atoms with van der Waals surface area (Å²) < 4.78 is 30.7. The largest absolute Gasteiger partial charge is 0.444 e. The average molecular weight is 471 g/mol. The Morgan fingerprint density at radius 3 is 2.38 bits per heavy atom. The van der Waals surface area contributed by atoms with Gasteiger partial charge in [-0.3, -0.25) is 4.84 Å². The normalized spacial score (nSPS) is 17.2. The molecule has 1 fully saturated rings. The predicted molar refractivity (Wildman–Crippen MR) is 121 cm³/mol. The number of ether oxygens (including phenoxy) is 1. The SMILES string of the molecule is CON(C)S(=O)(=O)c1ccc(NC(=O)N2CCCC(CN(C)C(=O)OC(C)(C)C)C2)cc1. The van der Waals surface area contributed by atoms with Crippen molar-refractivity contribution in [3.63, 3.8) is 0 Å². The monoisotopic (exact) mass is 470 g/mol. The maximum Gasteiger partial charge on any atom is 0.410 e. The van der Waals surface area contributed by atoms with Gasteiger partial charge in [0.1, 0.15) is 5.60 Å². The van der Waals surface area contributed by atoms with Gasteiger partial charge in [0.25, 0.3) is 10.0 Å². The van der Waals surface area contributed by atoms with E-state index in [1.807, 2.05) is 20.8 Å². The number of piperidine rings is 1. The number of sulfonamides is 1. The van der Waals surface area contributed by atoms with Gasteiger partial charge in [-0.1, -0.05) is 4.47 Å². The van der Waals surface area contributed by atoms with Crippen LogP contribution in [0.3, 0.4) is 0 Å². The van der Waals surface area contributed by atoms with Crippen molar-refractivity contribution >= 4 is 27.8 Å². The lowest BCUT2D eigenvalue weighted by atomic mass is 9.98. The summed E-state index contributed by atoms with van der Waals surface area (Å²) in [6, 6.07) is 5.63. The second kappa shape index (κ2) is 10.5. The van der Waals surface area contributed by atoms with Crippen LogP contribution in [-0.4, -0.2) is 81.3 Å². The number of nitrogens with zero attached hydrogens (tertiary/aromatic N) is 3. The van der Waals surface area contributed by atoms with E-state index in [0.717, 1.165) is 17.3 Å². The maximum absolute atomic E-state index is 12.7. The van der Waals surface area contributed by atoms with Crippen LogP contribution in [0.4, 0.5) is 15.3 Å². The first kappa shape index (κ1) is 25.9. The Morgan fingerprint density at radius 2 is 1.81 bits per heavy atom. The number of hydrogen-bond donors (Lipinski definition) is 1. The van der Waals surface area contributed by atoms with Crippen molar-refractivity contribution in [1.29, 1.82) is 0 Å². The van der Waals surface area contributed by atoms with Crippen molar-refractivity contribution < 1.29 is 27.6 Å². The minimum absolute atomic E-state index is 0.0584. The third-order valence-corrected chi connectivity index (χ3v) is 6.74. The minimum atomic E-state index is -3.75. The van der Waals surface area contributed by atoms with Crippen molar-refractivity contribution in [1.82, 2.24) is 14.3 Å². The Bertz CT molecular complexity index is 898. The summed E-state index contributed by atoms with van der Waals surface area (Å²) in [5, 5.41) is 2.80. The fourth-order valence-corrected chi connectivity index (χ4v) is 4.33. The smallest absolute Gasteiger partial charge is 0.410 e. The third kappa shape index (κ3) is 7.07. The first-order valence-electron chi connectivity index (χ1n) is 10.5. The molecule has 10 nitrogen and oxygen atoms in total.